The first kappa shape index (κ1) is 13.2. The summed E-state index contributed by atoms with van der Waals surface area (Å²) in [5.74, 6) is 0. The van der Waals surface area contributed by atoms with Gasteiger partial charge in [-0.05, 0) is 39.2 Å². The van der Waals surface area contributed by atoms with Gasteiger partial charge < -0.3 is 0 Å². The molecule has 0 aliphatic heterocycles. The van der Waals surface area contributed by atoms with E-state index >= 15 is 0 Å². The third-order valence-electron chi connectivity index (χ3n) is 2.69. The van der Waals surface area contributed by atoms with E-state index in [0.29, 0.717) is 11.3 Å². The van der Waals surface area contributed by atoms with Gasteiger partial charge in [0, 0.05) is 4.91 Å². The van der Waals surface area contributed by atoms with Crippen LogP contribution in [0, 0.1) is 0 Å². The smallest absolute Gasteiger partial charge is 0.179 e. The Morgan fingerprint density at radius 2 is 1.94 bits per heavy atom. The van der Waals surface area contributed by atoms with Crippen molar-refractivity contribution < 1.29 is 8.42 Å². The van der Waals surface area contributed by atoms with Crippen LogP contribution >= 0.6 is 0 Å². The molecule has 0 amide bonds. The van der Waals surface area contributed by atoms with Crippen LogP contribution < -0.4 is 0 Å². The van der Waals surface area contributed by atoms with Gasteiger partial charge in [-0.1, -0.05) is 31.2 Å². The van der Waals surface area contributed by atoms with Gasteiger partial charge in [0.2, 0.25) is 0 Å². The number of rotatable bonds is 2. The molecule has 0 aromatic rings. The maximum absolute atomic E-state index is 12.4. The lowest BCUT2D eigenvalue weighted by Crippen LogP contribution is -2.29. The van der Waals surface area contributed by atoms with Crippen LogP contribution in [-0.4, -0.2) is 13.2 Å². The fourth-order valence-electron chi connectivity index (χ4n) is 1.68. The minimum Gasteiger partial charge on any atom is -0.223 e. The molecule has 1 rings (SSSR count). The Bertz CT molecular complexity index is 443. The Labute approximate surface area is 98.7 Å². The van der Waals surface area contributed by atoms with E-state index < -0.39 is 14.6 Å². The predicted molar refractivity (Wildman–Crippen MR) is 68.9 cm³/mol. The van der Waals surface area contributed by atoms with Crippen molar-refractivity contribution in [2.75, 3.05) is 0 Å². The molecule has 1 aliphatic rings. The van der Waals surface area contributed by atoms with Crippen molar-refractivity contribution in [2.24, 2.45) is 0 Å². The second-order valence-electron chi connectivity index (χ2n) is 4.91. The summed E-state index contributed by atoms with van der Waals surface area (Å²) in [6, 6.07) is 0. The summed E-state index contributed by atoms with van der Waals surface area (Å²) >= 11 is 0. The quantitative estimate of drug-likeness (QED) is 0.741. The molecule has 0 fully saturated rings. The Morgan fingerprint density at radius 3 is 2.31 bits per heavy atom. The van der Waals surface area contributed by atoms with Crippen LogP contribution in [-0.2, 0) is 9.84 Å². The summed E-state index contributed by atoms with van der Waals surface area (Å²) in [7, 11) is -3.19. The van der Waals surface area contributed by atoms with Crippen molar-refractivity contribution in [3.63, 3.8) is 0 Å². The Hall–Kier alpha value is -0.830. The van der Waals surface area contributed by atoms with Gasteiger partial charge in [0.15, 0.2) is 9.84 Å². The van der Waals surface area contributed by atoms with Gasteiger partial charge in [0.05, 0.1) is 4.75 Å². The monoisotopic (exact) mass is 240 g/mol. The zero-order valence-electron chi connectivity index (χ0n) is 10.4. The first-order valence-corrected chi connectivity index (χ1v) is 7.09. The fourth-order valence-corrected chi connectivity index (χ4v) is 3.30. The first-order valence-electron chi connectivity index (χ1n) is 5.60. The Balaban J connectivity index is 3.29. The van der Waals surface area contributed by atoms with Crippen LogP contribution in [0.4, 0.5) is 0 Å². The molecule has 0 atom stereocenters. The second kappa shape index (κ2) is 4.58. The molecule has 0 unspecified atom stereocenters. The molecule has 0 spiro atoms. The van der Waals surface area contributed by atoms with E-state index in [1.165, 1.54) is 0 Å². The van der Waals surface area contributed by atoms with Gasteiger partial charge in [-0.3, -0.25) is 0 Å². The molecule has 0 heterocycles. The third kappa shape index (κ3) is 2.46. The standard InChI is InChI=1S/C13H20O2S/c1-5-12(11-9-7-6-8-10-11)16(14,15)13(2,3)4/h6-9H,5,10H2,1-4H3/b12-11-. The second-order valence-corrected chi connectivity index (χ2v) is 7.63. The number of sulfone groups is 1. The molecule has 1 aliphatic carbocycles. The van der Waals surface area contributed by atoms with Gasteiger partial charge in [0.25, 0.3) is 0 Å². The molecular formula is C13H20O2S. The van der Waals surface area contributed by atoms with Crippen LogP contribution in [0.1, 0.15) is 40.5 Å². The van der Waals surface area contributed by atoms with Crippen LogP contribution in [0.3, 0.4) is 0 Å². The van der Waals surface area contributed by atoms with Crippen molar-refractivity contribution in [1.29, 1.82) is 0 Å². The molecule has 0 N–H and O–H groups in total. The van der Waals surface area contributed by atoms with Crippen molar-refractivity contribution in [3.05, 3.63) is 34.8 Å². The van der Waals surface area contributed by atoms with Crippen LogP contribution in [0.15, 0.2) is 34.8 Å². The van der Waals surface area contributed by atoms with E-state index in [1.807, 2.05) is 31.2 Å². The zero-order valence-corrected chi connectivity index (χ0v) is 11.3. The molecule has 0 aromatic carbocycles. The lowest BCUT2D eigenvalue weighted by molar-refractivity contribution is 0.565. The maximum Gasteiger partial charge on any atom is 0.179 e. The minimum atomic E-state index is -3.19. The average Bonchev–Trinajstić information content (AvgIpc) is 2.18. The van der Waals surface area contributed by atoms with Gasteiger partial charge in [-0.15, -0.1) is 0 Å². The largest absolute Gasteiger partial charge is 0.223 e. The highest BCUT2D eigenvalue weighted by molar-refractivity contribution is 7.96. The first-order chi connectivity index (χ1) is 7.30. The van der Waals surface area contributed by atoms with E-state index in [4.69, 9.17) is 0 Å². The summed E-state index contributed by atoms with van der Waals surface area (Å²) in [6.45, 7) is 7.15. The van der Waals surface area contributed by atoms with Gasteiger partial charge in [-0.2, -0.15) is 0 Å². The topological polar surface area (TPSA) is 34.1 Å². The molecule has 0 bridgehead atoms. The zero-order chi connectivity index (χ0) is 12.4. The summed E-state index contributed by atoms with van der Waals surface area (Å²) in [5, 5.41) is 0. The summed E-state index contributed by atoms with van der Waals surface area (Å²) in [4.78, 5) is 0.584. The van der Waals surface area contributed by atoms with Gasteiger partial charge in [-0.25, -0.2) is 8.42 Å². The summed E-state index contributed by atoms with van der Waals surface area (Å²) in [5.41, 5.74) is 0.930. The molecule has 90 valence electrons. The van der Waals surface area contributed by atoms with Crippen molar-refractivity contribution in [3.8, 4) is 0 Å². The Morgan fingerprint density at radius 1 is 1.31 bits per heavy atom. The number of hydrogen-bond acceptors (Lipinski definition) is 2. The minimum absolute atomic E-state index is 0.563. The summed E-state index contributed by atoms with van der Waals surface area (Å²) < 4.78 is 24.0. The molecule has 3 heteroatoms. The van der Waals surface area contributed by atoms with Gasteiger partial charge in [0.1, 0.15) is 0 Å². The lowest BCUT2D eigenvalue weighted by Gasteiger charge is -2.23. The van der Waals surface area contributed by atoms with Crippen LogP contribution in [0.25, 0.3) is 0 Å². The highest BCUT2D eigenvalue weighted by Crippen LogP contribution is 2.30. The normalized spacial score (nSPS) is 20.0. The molecule has 0 saturated heterocycles. The molecule has 16 heavy (non-hydrogen) atoms. The average molecular weight is 240 g/mol. The van der Waals surface area contributed by atoms with Crippen molar-refractivity contribution in [1.82, 2.24) is 0 Å². The molecule has 0 radical (unpaired) electrons. The highest BCUT2D eigenvalue weighted by atomic mass is 32.2. The van der Waals surface area contributed by atoms with Crippen molar-refractivity contribution >= 4 is 9.84 Å². The maximum atomic E-state index is 12.4. The van der Waals surface area contributed by atoms with Crippen LogP contribution in [0.2, 0.25) is 0 Å². The fraction of sp³-hybridized carbons (Fsp3) is 0.538. The Kier molecular flexibility index (Phi) is 3.79. The molecular weight excluding hydrogens is 220 g/mol. The lowest BCUT2D eigenvalue weighted by atomic mass is 10.1. The van der Waals surface area contributed by atoms with E-state index in [9.17, 15) is 8.42 Å². The van der Waals surface area contributed by atoms with E-state index in [1.54, 1.807) is 20.8 Å². The van der Waals surface area contributed by atoms with E-state index in [2.05, 4.69) is 0 Å². The predicted octanol–water partition coefficient (Wildman–Crippen LogP) is 3.38. The number of allylic oxidation sites excluding steroid dienone is 6. The van der Waals surface area contributed by atoms with Crippen LogP contribution in [0.5, 0.6) is 0 Å². The molecule has 2 nitrogen and oxygen atoms in total. The third-order valence-corrected chi connectivity index (χ3v) is 5.50. The van der Waals surface area contributed by atoms with Crippen molar-refractivity contribution in [2.45, 2.75) is 45.3 Å². The molecule has 0 saturated carbocycles. The number of hydrogen-bond donors (Lipinski definition) is 0. The SMILES string of the molecule is CC/C(=C1\C=CC=CC1)S(=O)(=O)C(C)(C)C. The van der Waals surface area contributed by atoms with Gasteiger partial charge >= 0.3 is 0 Å². The summed E-state index contributed by atoms with van der Waals surface area (Å²) in [6.07, 6.45) is 9.01. The molecule has 0 aromatic heterocycles. The van der Waals surface area contributed by atoms with E-state index in [-0.39, 0.29) is 0 Å². The van der Waals surface area contributed by atoms with E-state index in [0.717, 1.165) is 12.0 Å². The highest BCUT2D eigenvalue weighted by Gasteiger charge is 2.33.